The van der Waals surface area contributed by atoms with E-state index in [1.807, 2.05) is 17.5 Å². The molecule has 0 bridgehead atoms. The molecule has 1 amide bonds. The van der Waals surface area contributed by atoms with Crippen LogP contribution in [0.1, 0.15) is 16.5 Å². The van der Waals surface area contributed by atoms with Gasteiger partial charge in [-0.15, -0.1) is 11.3 Å². The molecule has 0 saturated carbocycles. The first kappa shape index (κ1) is 11.9. The van der Waals surface area contributed by atoms with Crippen molar-refractivity contribution in [3.8, 4) is 0 Å². The van der Waals surface area contributed by atoms with E-state index >= 15 is 0 Å². The van der Waals surface area contributed by atoms with Gasteiger partial charge >= 0.3 is 0 Å². The molecule has 0 radical (unpaired) electrons. The number of amides is 1. The molecule has 0 aliphatic carbocycles. The van der Waals surface area contributed by atoms with E-state index in [2.05, 4.69) is 10.3 Å². The first-order valence-corrected chi connectivity index (χ1v) is 6.32. The van der Waals surface area contributed by atoms with Crippen LogP contribution in [0.2, 0.25) is 0 Å². The van der Waals surface area contributed by atoms with E-state index in [1.54, 1.807) is 24.5 Å². The summed E-state index contributed by atoms with van der Waals surface area (Å²) in [5, 5.41) is 4.84. The summed E-state index contributed by atoms with van der Waals surface area (Å²) in [4.78, 5) is 16.8. The Balaban J connectivity index is 1.70. The third-order valence-electron chi connectivity index (χ3n) is 2.28. The minimum Gasteiger partial charge on any atom is -0.449 e. The third-order valence-corrected chi connectivity index (χ3v) is 3.16. The molecule has 0 aliphatic rings. The minimum atomic E-state index is 0.0488. The summed E-state index contributed by atoms with van der Waals surface area (Å²) in [5.41, 5.74) is 0.874. The molecule has 5 heteroatoms. The van der Waals surface area contributed by atoms with Gasteiger partial charge in [0.15, 0.2) is 5.89 Å². The molecule has 2 rings (SSSR count). The molecule has 0 atom stereocenters. The molecule has 4 nitrogen and oxygen atoms in total. The number of hydrogen-bond acceptors (Lipinski definition) is 4. The molecule has 0 saturated heterocycles. The van der Waals surface area contributed by atoms with Crippen molar-refractivity contribution in [1.29, 1.82) is 0 Å². The molecule has 17 heavy (non-hydrogen) atoms. The van der Waals surface area contributed by atoms with Crippen LogP contribution < -0.4 is 5.32 Å². The highest BCUT2D eigenvalue weighted by Gasteiger charge is 2.04. The fraction of sp³-hybridized carbons (Fsp3) is 0.333. The van der Waals surface area contributed by atoms with Gasteiger partial charge in [0.05, 0.1) is 12.1 Å². The fourth-order valence-corrected chi connectivity index (χ4v) is 2.19. The number of aryl methyl sites for hydroxylation is 1. The second-order valence-electron chi connectivity index (χ2n) is 3.71. The molecule has 90 valence electrons. The molecule has 2 aromatic rings. The Bertz CT molecular complexity index is 476. The monoisotopic (exact) mass is 250 g/mol. The van der Waals surface area contributed by atoms with Crippen molar-refractivity contribution >= 4 is 17.2 Å². The molecule has 0 unspecified atom stereocenters. The Morgan fingerprint density at radius 2 is 2.47 bits per heavy atom. The molecule has 1 N–H and O–H groups in total. The number of carbonyl (C=O) groups is 1. The van der Waals surface area contributed by atoms with Crippen LogP contribution in [0.15, 0.2) is 28.2 Å². The lowest BCUT2D eigenvalue weighted by Gasteiger charge is -2.02. The van der Waals surface area contributed by atoms with Crippen molar-refractivity contribution in [2.75, 3.05) is 6.54 Å². The maximum absolute atomic E-state index is 11.6. The second-order valence-corrected chi connectivity index (χ2v) is 4.75. The molecule has 2 aromatic heterocycles. The summed E-state index contributed by atoms with van der Waals surface area (Å²) in [6.45, 7) is 2.40. The first-order valence-electron chi connectivity index (χ1n) is 5.44. The summed E-state index contributed by atoms with van der Waals surface area (Å²) >= 11 is 1.60. The Morgan fingerprint density at radius 3 is 3.12 bits per heavy atom. The zero-order chi connectivity index (χ0) is 12.1. The van der Waals surface area contributed by atoms with Gasteiger partial charge in [0.2, 0.25) is 5.91 Å². The van der Waals surface area contributed by atoms with Crippen LogP contribution in [-0.4, -0.2) is 17.4 Å². The van der Waals surface area contributed by atoms with Crippen LogP contribution in [0.5, 0.6) is 0 Å². The largest absolute Gasteiger partial charge is 0.449 e. The summed E-state index contributed by atoms with van der Waals surface area (Å²) in [6.07, 6.45) is 2.78. The van der Waals surface area contributed by atoms with E-state index < -0.39 is 0 Å². The van der Waals surface area contributed by atoms with Crippen molar-refractivity contribution in [2.45, 2.75) is 19.8 Å². The average Bonchev–Trinajstić information content (AvgIpc) is 2.90. The van der Waals surface area contributed by atoms with Gasteiger partial charge in [0.25, 0.3) is 0 Å². The van der Waals surface area contributed by atoms with Gasteiger partial charge in [-0.1, -0.05) is 6.07 Å². The number of oxazole rings is 1. The summed E-state index contributed by atoms with van der Waals surface area (Å²) < 4.78 is 5.09. The van der Waals surface area contributed by atoms with E-state index in [0.717, 1.165) is 10.6 Å². The Morgan fingerprint density at radius 1 is 1.59 bits per heavy atom. The van der Waals surface area contributed by atoms with Gasteiger partial charge in [-0.3, -0.25) is 4.79 Å². The van der Waals surface area contributed by atoms with Crippen LogP contribution in [0.4, 0.5) is 0 Å². The number of rotatable bonds is 5. The molecule has 0 spiro atoms. The van der Waals surface area contributed by atoms with Crippen molar-refractivity contribution in [3.63, 3.8) is 0 Å². The van der Waals surface area contributed by atoms with Gasteiger partial charge in [0, 0.05) is 24.8 Å². The van der Waals surface area contributed by atoms with Gasteiger partial charge in [-0.2, -0.15) is 0 Å². The predicted molar refractivity (Wildman–Crippen MR) is 66.0 cm³/mol. The predicted octanol–water partition coefficient (Wildman–Crippen LogP) is 1.95. The zero-order valence-corrected chi connectivity index (χ0v) is 10.4. The molecular formula is C12H14N2O2S. The van der Waals surface area contributed by atoms with Gasteiger partial charge in [-0.25, -0.2) is 4.98 Å². The van der Waals surface area contributed by atoms with Crippen LogP contribution in [0, 0.1) is 6.92 Å². The maximum Gasteiger partial charge on any atom is 0.225 e. The lowest BCUT2D eigenvalue weighted by atomic mass is 10.3. The van der Waals surface area contributed by atoms with Crippen LogP contribution in [0.25, 0.3) is 0 Å². The normalized spacial score (nSPS) is 10.4. The highest BCUT2D eigenvalue weighted by Crippen LogP contribution is 2.08. The van der Waals surface area contributed by atoms with E-state index in [0.29, 0.717) is 25.3 Å². The molecule has 0 aliphatic heterocycles. The average molecular weight is 250 g/mol. The number of aromatic nitrogens is 1. The molecule has 0 fully saturated rings. The van der Waals surface area contributed by atoms with Crippen LogP contribution in [-0.2, 0) is 17.6 Å². The molecular weight excluding hydrogens is 236 g/mol. The lowest BCUT2D eigenvalue weighted by molar-refractivity contribution is -0.120. The first-order chi connectivity index (χ1) is 8.24. The van der Waals surface area contributed by atoms with Crippen molar-refractivity contribution < 1.29 is 9.21 Å². The van der Waals surface area contributed by atoms with Gasteiger partial charge < -0.3 is 9.73 Å². The Kier molecular flexibility index (Phi) is 3.93. The van der Waals surface area contributed by atoms with Gasteiger partial charge in [-0.05, 0) is 11.4 Å². The standard InChI is InChI=1S/C12H14N2O2S/c1-9-14-10(8-16-9)4-5-13-12(15)7-11-3-2-6-17-11/h2-3,6,8H,4-5,7H2,1H3,(H,13,15). The Labute approximate surface area is 104 Å². The maximum atomic E-state index is 11.6. The number of nitrogens with one attached hydrogen (secondary N) is 1. The minimum absolute atomic E-state index is 0.0488. The van der Waals surface area contributed by atoms with E-state index in [4.69, 9.17) is 4.42 Å². The number of hydrogen-bond donors (Lipinski definition) is 1. The van der Waals surface area contributed by atoms with Crippen molar-refractivity contribution in [2.24, 2.45) is 0 Å². The Hall–Kier alpha value is -1.62. The smallest absolute Gasteiger partial charge is 0.225 e. The van der Waals surface area contributed by atoms with Crippen molar-refractivity contribution in [3.05, 3.63) is 40.2 Å². The van der Waals surface area contributed by atoms with E-state index in [9.17, 15) is 4.79 Å². The number of carbonyl (C=O) groups excluding carboxylic acids is 1. The van der Waals surface area contributed by atoms with Crippen LogP contribution >= 0.6 is 11.3 Å². The molecule has 2 heterocycles. The number of nitrogens with zero attached hydrogens (tertiary/aromatic N) is 1. The van der Waals surface area contributed by atoms with Crippen molar-refractivity contribution in [1.82, 2.24) is 10.3 Å². The fourth-order valence-electron chi connectivity index (χ4n) is 1.49. The zero-order valence-electron chi connectivity index (χ0n) is 9.60. The summed E-state index contributed by atoms with van der Waals surface area (Å²) in [6, 6.07) is 3.91. The highest BCUT2D eigenvalue weighted by molar-refractivity contribution is 7.10. The third kappa shape index (κ3) is 3.71. The highest BCUT2D eigenvalue weighted by atomic mass is 32.1. The van der Waals surface area contributed by atoms with E-state index in [-0.39, 0.29) is 5.91 Å². The molecule has 0 aromatic carbocycles. The lowest BCUT2D eigenvalue weighted by Crippen LogP contribution is -2.27. The van der Waals surface area contributed by atoms with Gasteiger partial charge in [0.1, 0.15) is 6.26 Å². The van der Waals surface area contributed by atoms with E-state index in [1.165, 1.54) is 0 Å². The second kappa shape index (κ2) is 5.63. The summed E-state index contributed by atoms with van der Waals surface area (Å²) in [7, 11) is 0. The summed E-state index contributed by atoms with van der Waals surface area (Å²) in [5.74, 6) is 0.706. The SMILES string of the molecule is Cc1nc(CCNC(=O)Cc2cccs2)co1. The topological polar surface area (TPSA) is 55.1 Å². The quantitative estimate of drug-likeness (QED) is 0.882. The van der Waals surface area contributed by atoms with Crippen LogP contribution in [0.3, 0.4) is 0 Å². The number of thiophene rings is 1.